The van der Waals surface area contributed by atoms with E-state index >= 15 is 0 Å². The predicted octanol–water partition coefficient (Wildman–Crippen LogP) is 5.42. The van der Waals surface area contributed by atoms with Gasteiger partial charge in [-0.3, -0.25) is 4.79 Å². The van der Waals surface area contributed by atoms with Crippen LogP contribution in [0, 0.1) is 25.2 Å². The highest BCUT2D eigenvalue weighted by atomic mass is 16.5. The van der Waals surface area contributed by atoms with Crippen molar-refractivity contribution in [1.82, 2.24) is 0 Å². The van der Waals surface area contributed by atoms with Crippen LogP contribution in [0.15, 0.2) is 30.3 Å². The maximum Gasteiger partial charge on any atom is 0.336 e. The summed E-state index contributed by atoms with van der Waals surface area (Å²) in [6.07, 6.45) is 0.344. The molecule has 31 heavy (non-hydrogen) atoms. The van der Waals surface area contributed by atoms with E-state index < -0.39 is 5.97 Å². The van der Waals surface area contributed by atoms with Crippen LogP contribution in [0.1, 0.15) is 66.0 Å². The van der Waals surface area contributed by atoms with Crippen molar-refractivity contribution in [2.45, 2.75) is 48.0 Å². The highest BCUT2D eigenvalue weighted by Crippen LogP contribution is 2.33. The molecule has 0 aliphatic rings. The number of carbonyl (C=O) groups excluding carboxylic acids is 1. The molecular weight excluding hydrogens is 396 g/mol. The molecule has 0 amide bonds. The molecule has 1 atom stereocenters. The Labute approximate surface area is 183 Å². The number of carboxylic acids is 1. The van der Waals surface area contributed by atoms with Gasteiger partial charge < -0.3 is 19.7 Å². The summed E-state index contributed by atoms with van der Waals surface area (Å²) in [5.41, 5.74) is 1.57. The number of ketones is 1. The summed E-state index contributed by atoms with van der Waals surface area (Å²) in [7, 11) is 0. The second-order valence-corrected chi connectivity index (χ2v) is 9.25. The van der Waals surface area contributed by atoms with Gasteiger partial charge in [-0.05, 0) is 49.1 Å². The van der Waals surface area contributed by atoms with Crippen LogP contribution in [-0.4, -0.2) is 35.2 Å². The Bertz CT molecular complexity index is 955. The van der Waals surface area contributed by atoms with Gasteiger partial charge >= 0.3 is 5.97 Å². The minimum Gasteiger partial charge on any atom is -0.507 e. The van der Waals surface area contributed by atoms with Crippen LogP contribution in [0.4, 0.5) is 0 Å². The fourth-order valence-electron chi connectivity index (χ4n) is 3.08. The number of carboxylic acid groups (broad SMARTS) is 1. The number of benzene rings is 2. The molecule has 0 fully saturated rings. The molecule has 2 N–H and O–H groups in total. The number of phenols is 1. The molecule has 2 aromatic rings. The number of hydrogen-bond donors (Lipinski definition) is 2. The molecule has 0 saturated carbocycles. The van der Waals surface area contributed by atoms with Crippen LogP contribution >= 0.6 is 0 Å². The number of aromatic carboxylic acids is 1. The molecule has 168 valence electrons. The smallest absolute Gasteiger partial charge is 0.336 e. The van der Waals surface area contributed by atoms with Crippen molar-refractivity contribution in [2.75, 3.05) is 13.2 Å². The minimum atomic E-state index is -0.987. The molecule has 0 bridgehead atoms. The van der Waals surface area contributed by atoms with Crippen molar-refractivity contribution >= 4 is 11.8 Å². The van der Waals surface area contributed by atoms with E-state index in [0.29, 0.717) is 47.8 Å². The van der Waals surface area contributed by atoms with Crippen molar-refractivity contribution < 1.29 is 29.3 Å². The molecule has 0 heterocycles. The molecular formula is C25H32O6. The first-order valence-corrected chi connectivity index (χ1v) is 10.3. The molecule has 0 aliphatic heterocycles. The maximum absolute atomic E-state index is 12.5. The summed E-state index contributed by atoms with van der Waals surface area (Å²) in [6, 6.07) is 8.28. The van der Waals surface area contributed by atoms with Gasteiger partial charge in [-0.2, -0.15) is 0 Å². The topological polar surface area (TPSA) is 93.1 Å². The number of Topliss-reactive ketones (excluding diaryl/α,β-unsaturated/α-hetero) is 1. The third-order valence-electron chi connectivity index (χ3n) is 4.87. The van der Waals surface area contributed by atoms with Crippen LogP contribution in [0.25, 0.3) is 0 Å². The van der Waals surface area contributed by atoms with E-state index in [4.69, 9.17) is 9.47 Å². The van der Waals surface area contributed by atoms with Gasteiger partial charge in [0.05, 0.1) is 24.3 Å². The lowest BCUT2D eigenvalue weighted by Gasteiger charge is -2.19. The van der Waals surface area contributed by atoms with Crippen molar-refractivity contribution in [3.8, 4) is 17.2 Å². The molecule has 0 spiro atoms. The Hall–Kier alpha value is -3.02. The average molecular weight is 429 g/mol. The first kappa shape index (κ1) is 24.3. The van der Waals surface area contributed by atoms with E-state index in [-0.39, 0.29) is 28.4 Å². The zero-order valence-corrected chi connectivity index (χ0v) is 19.1. The van der Waals surface area contributed by atoms with E-state index in [0.717, 1.165) is 0 Å². The normalized spacial score (nSPS) is 12.3. The van der Waals surface area contributed by atoms with E-state index in [9.17, 15) is 19.8 Å². The Morgan fingerprint density at radius 2 is 1.65 bits per heavy atom. The fourth-order valence-corrected chi connectivity index (χ4v) is 3.08. The number of aryl methyl sites for hydroxylation is 1. The molecule has 0 aromatic heterocycles. The second kappa shape index (κ2) is 9.86. The molecule has 6 nitrogen and oxygen atoms in total. The predicted molar refractivity (Wildman–Crippen MR) is 120 cm³/mol. The lowest BCUT2D eigenvalue weighted by atomic mass is 9.87. The van der Waals surface area contributed by atoms with E-state index in [1.165, 1.54) is 6.07 Å². The number of carbonyl (C=O) groups is 2. The van der Waals surface area contributed by atoms with Crippen LogP contribution < -0.4 is 9.47 Å². The van der Waals surface area contributed by atoms with Crippen molar-refractivity contribution in [3.05, 3.63) is 52.6 Å². The van der Waals surface area contributed by atoms with Gasteiger partial charge in [-0.25, -0.2) is 4.79 Å². The molecule has 6 heteroatoms. The van der Waals surface area contributed by atoms with Crippen LogP contribution in [0.5, 0.6) is 17.2 Å². The average Bonchev–Trinajstić information content (AvgIpc) is 2.66. The van der Waals surface area contributed by atoms with Crippen molar-refractivity contribution in [1.29, 1.82) is 0 Å². The fraction of sp³-hybridized carbons (Fsp3) is 0.440. The molecule has 0 saturated heterocycles. The SMILES string of the molecule is Cc1ccc(OC[C@H](C)COc2ccc(C(=O)CC(C)(C)C)c(O)c2C)cc1C(=O)O. The lowest BCUT2D eigenvalue weighted by Crippen LogP contribution is -2.17. The van der Waals surface area contributed by atoms with Gasteiger partial charge in [-0.15, -0.1) is 0 Å². The Morgan fingerprint density at radius 3 is 2.26 bits per heavy atom. The van der Waals surface area contributed by atoms with Crippen molar-refractivity contribution in [2.24, 2.45) is 11.3 Å². The lowest BCUT2D eigenvalue weighted by molar-refractivity contribution is 0.0695. The molecule has 2 rings (SSSR count). The Balaban J connectivity index is 1.97. The minimum absolute atomic E-state index is 0.0123. The van der Waals surface area contributed by atoms with Gasteiger partial charge in [0.25, 0.3) is 0 Å². The van der Waals surface area contributed by atoms with Gasteiger partial charge in [0, 0.05) is 17.9 Å². The molecule has 0 radical (unpaired) electrons. The molecule has 0 unspecified atom stereocenters. The Morgan fingerprint density at radius 1 is 1.00 bits per heavy atom. The van der Waals surface area contributed by atoms with Gasteiger partial charge in [0.1, 0.15) is 17.2 Å². The first-order valence-electron chi connectivity index (χ1n) is 10.3. The van der Waals surface area contributed by atoms with E-state index in [2.05, 4.69) is 0 Å². The van der Waals surface area contributed by atoms with Crippen LogP contribution in [0.2, 0.25) is 0 Å². The van der Waals surface area contributed by atoms with Gasteiger partial charge in [-0.1, -0.05) is 33.8 Å². The highest BCUT2D eigenvalue weighted by molar-refractivity contribution is 5.99. The number of aromatic hydroxyl groups is 1. The second-order valence-electron chi connectivity index (χ2n) is 9.25. The third kappa shape index (κ3) is 6.74. The first-order chi connectivity index (χ1) is 14.4. The van der Waals surface area contributed by atoms with Gasteiger partial charge in [0.2, 0.25) is 0 Å². The maximum atomic E-state index is 12.5. The molecule has 0 aliphatic carbocycles. The summed E-state index contributed by atoms with van der Waals surface area (Å²) in [4.78, 5) is 23.7. The van der Waals surface area contributed by atoms with E-state index in [1.54, 1.807) is 38.1 Å². The Kier molecular flexibility index (Phi) is 7.71. The van der Waals surface area contributed by atoms with E-state index in [1.807, 2.05) is 27.7 Å². The third-order valence-corrected chi connectivity index (χ3v) is 4.87. The number of hydrogen-bond acceptors (Lipinski definition) is 5. The van der Waals surface area contributed by atoms with Crippen molar-refractivity contribution in [3.63, 3.8) is 0 Å². The summed E-state index contributed by atoms with van der Waals surface area (Å²) in [6.45, 7) is 12.0. The number of rotatable bonds is 9. The zero-order chi connectivity index (χ0) is 23.3. The molecule has 2 aromatic carbocycles. The summed E-state index contributed by atoms with van der Waals surface area (Å²) >= 11 is 0. The number of phenolic OH excluding ortho intramolecular Hbond substituents is 1. The highest BCUT2D eigenvalue weighted by Gasteiger charge is 2.22. The summed E-state index contributed by atoms with van der Waals surface area (Å²) in [5, 5.41) is 19.7. The standard InChI is InChI=1S/C25H32O6/c1-15(13-30-18-8-7-16(2)20(11-18)24(28)29)14-31-22-10-9-19(23(27)17(22)3)21(26)12-25(4,5)6/h7-11,15,27H,12-14H2,1-6H3,(H,28,29)/t15-/m0/s1. The van der Waals surface area contributed by atoms with Crippen LogP contribution in [-0.2, 0) is 0 Å². The largest absolute Gasteiger partial charge is 0.507 e. The number of ether oxygens (including phenoxy) is 2. The zero-order valence-electron chi connectivity index (χ0n) is 19.1. The van der Waals surface area contributed by atoms with Crippen LogP contribution in [0.3, 0.4) is 0 Å². The summed E-state index contributed by atoms with van der Waals surface area (Å²) in [5.74, 6) is -0.111. The van der Waals surface area contributed by atoms with Gasteiger partial charge in [0.15, 0.2) is 5.78 Å². The summed E-state index contributed by atoms with van der Waals surface area (Å²) < 4.78 is 11.6. The monoisotopic (exact) mass is 428 g/mol. The quantitative estimate of drug-likeness (QED) is 0.518.